The van der Waals surface area contributed by atoms with Crippen molar-refractivity contribution < 1.29 is 9.13 Å². The molecule has 0 saturated carbocycles. The number of aryl methyl sites for hydroxylation is 1. The zero-order chi connectivity index (χ0) is 17.5. The first-order valence-electron chi connectivity index (χ1n) is 9.19. The highest BCUT2D eigenvalue weighted by atomic mass is 19.1. The van der Waals surface area contributed by atoms with Crippen LogP contribution in [0.1, 0.15) is 43.3 Å². The number of rotatable bonds is 8. The van der Waals surface area contributed by atoms with E-state index in [1.807, 2.05) is 6.07 Å². The molecule has 0 amide bonds. The highest BCUT2D eigenvalue weighted by Crippen LogP contribution is 2.20. The molecule has 1 aromatic heterocycles. The monoisotopic (exact) mass is 343 g/mol. The molecule has 0 bridgehead atoms. The summed E-state index contributed by atoms with van der Waals surface area (Å²) in [6, 6.07) is 6.93. The van der Waals surface area contributed by atoms with Crippen molar-refractivity contribution in [1.82, 2.24) is 14.9 Å². The summed E-state index contributed by atoms with van der Waals surface area (Å²) in [5.74, 6) is 0.768. The van der Waals surface area contributed by atoms with Crippen molar-refractivity contribution in [2.45, 2.75) is 39.0 Å². The molecule has 1 aromatic carbocycles. The fraction of sp³-hybridized carbons (Fsp3) is 0.500. The molecule has 25 heavy (non-hydrogen) atoms. The van der Waals surface area contributed by atoms with E-state index in [9.17, 15) is 4.39 Å². The molecule has 0 spiro atoms. The van der Waals surface area contributed by atoms with Gasteiger partial charge in [0.15, 0.2) is 11.6 Å². The number of aromatic nitrogens is 2. The molecule has 2 aromatic rings. The first-order chi connectivity index (χ1) is 12.2. The van der Waals surface area contributed by atoms with Gasteiger partial charge in [0.05, 0.1) is 6.61 Å². The molecule has 0 N–H and O–H groups in total. The SMILES string of the molecule is CCc1ccnc(Cc2ccc(F)c(OCCCN3CCCC3)c2)n1. The van der Waals surface area contributed by atoms with Crippen LogP contribution in [0.3, 0.4) is 0 Å². The highest BCUT2D eigenvalue weighted by Gasteiger charge is 2.11. The van der Waals surface area contributed by atoms with Crippen LogP contribution in [0.15, 0.2) is 30.5 Å². The molecule has 1 aliphatic rings. The van der Waals surface area contributed by atoms with E-state index in [2.05, 4.69) is 21.8 Å². The van der Waals surface area contributed by atoms with E-state index in [1.54, 1.807) is 18.3 Å². The molecule has 2 heterocycles. The van der Waals surface area contributed by atoms with Gasteiger partial charge in [-0.1, -0.05) is 13.0 Å². The van der Waals surface area contributed by atoms with Gasteiger partial charge >= 0.3 is 0 Å². The second-order valence-corrected chi connectivity index (χ2v) is 6.51. The maximum absolute atomic E-state index is 14.0. The van der Waals surface area contributed by atoms with E-state index in [1.165, 1.54) is 32.0 Å². The molecular weight excluding hydrogens is 317 g/mol. The first-order valence-corrected chi connectivity index (χ1v) is 9.19. The Morgan fingerprint density at radius 2 is 2.04 bits per heavy atom. The third-order valence-corrected chi connectivity index (χ3v) is 4.56. The maximum atomic E-state index is 14.0. The fourth-order valence-electron chi connectivity index (χ4n) is 3.15. The van der Waals surface area contributed by atoms with Gasteiger partial charge in [0, 0.05) is 24.9 Å². The number of halogens is 1. The summed E-state index contributed by atoms with van der Waals surface area (Å²) < 4.78 is 19.7. The molecule has 0 radical (unpaired) electrons. The van der Waals surface area contributed by atoms with E-state index in [0.717, 1.165) is 36.5 Å². The standard InChI is InChI=1S/C20H26FN3O/c1-2-17-8-9-22-20(23-17)15-16-6-7-18(21)19(14-16)25-13-5-12-24-10-3-4-11-24/h6-9,14H,2-5,10-13,15H2,1H3. The van der Waals surface area contributed by atoms with Crippen LogP contribution in [0.2, 0.25) is 0 Å². The topological polar surface area (TPSA) is 38.2 Å². The second-order valence-electron chi connectivity index (χ2n) is 6.51. The predicted molar refractivity (Wildman–Crippen MR) is 96.4 cm³/mol. The summed E-state index contributed by atoms with van der Waals surface area (Å²) in [6.45, 7) is 6.00. The fourth-order valence-corrected chi connectivity index (χ4v) is 3.15. The third-order valence-electron chi connectivity index (χ3n) is 4.56. The lowest BCUT2D eigenvalue weighted by molar-refractivity contribution is 0.255. The number of ether oxygens (including phenoxy) is 1. The second kappa shape index (κ2) is 8.90. The van der Waals surface area contributed by atoms with Crippen molar-refractivity contribution in [1.29, 1.82) is 0 Å². The molecular formula is C20H26FN3O. The maximum Gasteiger partial charge on any atom is 0.165 e. The van der Waals surface area contributed by atoms with Gasteiger partial charge in [-0.3, -0.25) is 0 Å². The minimum absolute atomic E-state index is 0.312. The van der Waals surface area contributed by atoms with Crippen LogP contribution in [0.25, 0.3) is 0 Å². The van der Waals surface area contributed by atoms with Crippen LogP contribution >= 0.6 is 0 Å². The average molecular weight is 343 g/mol. The lowest BCUT2D eigenvalue weighted by Crippen LogP contribution is -2.22. The minimum atomic E-state index is -0.312. The summed E-state index contributed by atoms with van der Waals surface area (Å²) in [4.78, 5) is 11.2. The Labute approximate surface area is 149 Å². The van der Waals surface area contributed by atoms with E-state index in [-0.39, 0.29) is 5.82 Å². The Morgan fingerprint density at radius 1 is 1.20 bits per heavy atom. The summed E-state index contributed by atoms with van der Waals surface area (Å²) in [5, 5.41) is 0. The van der Waals surface area contributed by atoms with Crippen LogP contribution in [0.4, 0.5) is 4.39 Å². The number of nitrogens with zero attached hydrogens (tertiary/aromatic N) is 3. The lowest BCUT2D eigenvalue weighted by atomic mass is 10.1. The first kappa shape index (κ1) is 17.8. The van der Waals surface area contributed by atoms with Crippen molar-refractivity contribution in [2.24, 2.45) is 0 Å². The summed E-state index contributed by atoms with van der Waals surface area (Å²) in [5.41, 5.74) is 1.98. The van der Waals surface area contributed by atoms with Gasteiger partial charge < -0.3 is 9.64 Å². The van der Waals surface area contributed by atoms with Crippen LogP contribution in [-0.4, -0.2) is 41.1 Å². The van der Waals surface area contributed by atoms with Gasteiger partial charge in [-0.05, 0) is 62.5 Å². The Balaban J connectivity index is 1.55. The molecule has 0 aliphatic carbocycles. The molecule has 3 rings (SSSR count). The molecule has 1 saturated heterocycles. The highest BCUT2D eigenvalue weighted by molar-refractivity contribution is 5.32. The normalized spacial score (nSPS) is 14.8. The molecule has 0 atom stereocenters. The summed E-state index contributed by atoms with van der Waals surface area (Å²) in [6.07, 6.45) is 6.74. The van der Waals surface area contributed by atoms with Gasteiger partial charge in [0.1, 0.15) is 5.82 Å². The Hall–Kier alpha value is -2.01. The van der Waals surface area contributed by atoms with Crippen LogP contribution < -0.4 is 4.74 Å². The zero-order valence-electron chi connectivity index (χ0n) is 14.9. The lowest BCUT2D eigenvalue weighted by Gasteiger charge is -2.15. The number of hydrogen-bond acceptors (Lipinski definition) is 4. The van der Waals surface area contributed by atoms with E-state index in [4.69, 9.17) is 4.74 Å². The zero-order valence-corrected chi connectivity index (χ0v) is 14.9. The Kier molecular flexibility index (Phi) is 6.34. The van der Waals surface area contributed by atoms with Gasteiger partial charge in [-0.25, -0.2) is 14.4 Å². The van der Waals surface area contributed by atoms with E-state index in [0.29, 0.717) is 18.8 Å². The van der Waals surface area contributed by atoms with Crippen LogP contribution in [0, 0.1) is 5.82 Å². The average Bonchev–Trinajstić information content (AvgIpc) is 3.15. The van der Waals surface area contributed by atoms with Crippen molar-refractivity contribution in [3.63, 3.8) is 0 Å². The number of likely N-dealkylation sites (tertiary alicyclic amines) is 1. The number of hydrogen-bond donors (Lipinski definition) is 0. The molecule has 5 heteroatoms. The van der Waals surface area contributed by atoms with Gasteiger partial charge in [0.25, 0.3) is 0 Å². The van der Waals surface area contributed by atoms with Crippen LogP contribution in [0.5, 0.6) is 5.75 Å². The summed E-state index contributed by atoms with van der Waals surface area (Å²) >= 11 is 0. The van der Waals surface area contributed by atoms with Crippen molar-refractivity contribution in [2.75, 3.05) is 26.2 Å². The summed E-state index contributed by atoms with van der Waals surface area (Å²) in [7, 11) is 0. The largest absolute Gasteiger partial charge is 0.490 e. The molecule has 134 valence electrons. The molecule has 1 fully saturated rings. The van der Waals surface area contributed by atoms with E-state index >= 15 is 0 Å². The van der Waals surface area contributed by atoms with Crippen LogP contribution in [-0.2, 0) is 12.8 Å². The molecule has 4 nitrogen and oxygen atoms in total. The van der Waals surface area contributed by atoms with Crippen molar-refractivity contribution in [3.8, 4) is 5.75 Å². The predicted octanol–water partition coefficient (Wildman–Crippen LogP) is 3.63. The minimum Gasteiger partial charge on any atom is -0.490 e. The number of benzene rings is 1. The third kappa shape index (κ3) is 5.23. The Bertz CT molecular complexity index is 686. The van der Waals surface area contributed by atoms with Crippen molar-refractivity contribution in [3.05, 3.63) is 53.4 Å². The van der Waals surface area contributed by atoms with Gasteiger partial charge in [0.2, 0.25) is 0 Å². The van der Waals surface area contributed by atoms with Gasteiger partial charge in [-0.15, -0.1) is 0 Å². The Morgan fingerprint density at radius 3 is 2.84 bits per heavy atom. The van der Waals surface area contributed by atoms with Gasteiger partial charge in [-0.2, -0.15) is 0 Å². The molecule has 1 aliphatic heterocycles. The molecule has 0 unspecified atom stereocenters. The van der Waals surface area contributed by atoms with Crippen molar-refractivity contribution >= 4 is 0 Å². The quantitative estimate of drug-likeness (QED) is 0.686. The smallest absolute Gasteiger partial charge is 0.165 e. The van der Waals surface area contributed by atoms with E-state index < -0.39 is 0 Å².